The summed E-state index contributed by atoms with van der Waals surface area (Å²) in [5.41, 5.74) is 7.14. The second-order valence-electron chi connectivity index (χ2n) is 6.46. The minimum atomic E-state index is -0.499. The molecule has 2 rings (SSSR count). The topological polar surface area (TPSA) is 109 Å². The molecule has 0 atom stereocenters. The Morgan fingerprint density at radius 1 is 1.13 bits per heavy atom. The molecule has 0 aliphatic heterocycles. The third kappa shape index (κ3) is 6.01. The first-order valence-corrected chi connectivity index (χ1v) is 10.1. The van der Waals surface area contributed by atoms with E-state index in [0.717, 1.165) is 13.1 Å². The molecule has 0 saturated heterocycles. The molecule has 0 aliphatic carbocycles. The number of anilines is 3. The number of ether oxygens (including phenoxy) is 1. The molecular weight excluding hydrogens is 406 g/mol. The van der Waals surface area contributed by atoms with Gasteiger partial charge in [-0.15, -0.1) is 0 Å². The number of benzene rings is 2. The summed E-state index contributed by atoms with van der Waals surface area (Å²) in [6.45, 7) is 7.09. The Balaban J connectivity index is 2.15. The number of urea groups is 1. The molecule has 0 fully saturated rings. The average molecular weight is 434 g/mol. The molecule has 30 heavy (non-hydrogen) atoms. The minimum absolute atomic E-state index is 0.0337. The van der Waals surface area contributed by atoms with Crippen LogP contribution < -0.4 is 26.4 Å². The van der Waals surface area contributed by atoms with E-state index in [0.29, 0.717) is 18.8 Å². The van der Waals surface area contributed by atoms with Crippen molar-refractivity contribution in [2.75, 3.05) is 49.7 Å². The highest BCUT2D eigenvalue weighted by Gasteiger charge is 2.22. The van der Waals surface area contributed by atoms with Crippen LogP contribution in [0.4, 0.5) is 21.9 Å². The Hall–Kier alpha value is -2.97. The maximum Gasteiger partial charge on any atom is 0.323 e. The summed E-state index contributed by atoms with van der Waals surface area (Å²) in [5, 5.41) is 8.22. The summed E-state index contributed by atoms with van der Waals surface area (Å²) < 4.78 is 5.33. The molecule has 9 heteroatoms. The SMILES string of the molecule is CCN(CC)CCNC(=O)c1c(OC)cc(NC(=O)Nc2ccccc2)c(Cl)c1N. The highest BCUT2D eigenvalue weighted by molar-refractivity contribution is 6.37. The molecule has 0 bridgehead atoms. The van der Waals surface area contributed by atoms with E-state index in [1.54, 1.807) is 24.3 Å². The van der Waals surface area contributed by atoms with Crippen molar-refractivity contribution in [3.63, 3.8) is 0 Å². The molecule has 2 aromatic carbocycles. The molecule has 3 amide bonds. The number of halogens is 1. The van der Waals surface area contributed by atoms with Crippen LogP contribution in [0.2, 0.25) is 5.02 Å². The summed E-state index contributed by atoms with van der Waals surface area (Å²) in [6, 6.07) is 9.93. The average Bonchev–Trinajstić information content (AvgIpc) is 2.74. The van der Waals surface area contributed by atoms with Crippen molar-refractivity contribution in [1.29, 1.82) is 0 Å². The van der Waals surface area contributed by atoms with Gasteiger partial charge in [-0.1, -0.05) is 43.6 Å². The van der Waals surface area contributed by atoms with E-state index in [9.17, 15) is 9.59 Å². The third-order valence-corrected chi connectivity index (χ3v) is 5.01. The fourth-order valence-electron chi connectivity index (χ4n) is 2.90. The number of carbonyl (C=O) groups excluding carboxylic acids is 2. The van der Waals surface area contributed by atoms with Gasteiger partial charge in [0.05, 0.1) is 23.5 Å². The fourth-order valence-corrected chi connectivity index (χ4v) is 3.10. The number of nitrogen functional groups attached to an aromatic ring is 1. The quantitative estimate of drug-likeness (QED) is 0.451. The molecule has 2 aromatic rings. The van der Waals surface area contributed by atoms with Gasteiger partial charge < -0.3 is 31.3 Å². The molecule has 0 aromatic heterocycles. The van der Waals surface area contributed by atoms with Crippen LogP contribution in [0.15, 0.2) is 36.4 Å². The van der Waals surface area contributed by atoms with E-state index in [1.165, 1.54) is 13.2 Å². The van der Waals surface area contributed by atoms with E-state index in [4.69, 9.17) is 22.1 Å². The highest BCUT2D eigenvalue weighted by Crippen LogP contribution is 2.38. The van der Waals surface area contributed by atoms with Crippen LogP contribution in [0.3, 0.4) is 0 Å². The highest BCUT2D eigenvalue weighted by atomic mass is 35.5. The Kier molecular flexibility index (Phi) is 8.76. The molecule has 0 saturated carbocycles. The van der Waals surface area contributed by atoms with Gasteiger partial charge in [0, 0.05) is 24.8 Å². The molecule has 0 spiro atoms. The van der Waals surface area contributed by atoms with Crippen molar-refractivity contribution in [3.05, 3.63) is 47.0 Å². The number of amides is 3. The van der Waals surface area contributed by atoms with Gasteiger partial charge >= 0.3 is 6.03 Å². The molecular formula is C21H28ClN5O3. The van der Waals surface area contributed by atoms with E-state index in [1.807, 2.05) is 6.07 Å². The number of hydrogen-bond acceptors (Lipinski definition) is 5. The van der Waals surface area contributed by atoms with Gasteiger partial charge in [0.25, 0.3) is 5.91 Å². The lowest BCUT2D eigenvalue weighted by molar-refractivity contribution is 0.0947. The van der Waals surface area contributed by atoms with Gasteiger partial charge in [-0.2, -0.15) is 0 Å². The second kappa shape index (κ2) is 11.3. The standard InChI is InChI=1S/C21H28ClN5O3/c1-4-27(5-2)12-11-24-20(28)17-16(30-3)13-15(18(22)19(17)23)26-21(29)25-14-9-7-6-8-10-14/h6-10,13H,4-5,11-12,23H2,1-3H3,(H,24,28)(H2,25,26,29). The number of nitrogens with one attached hydrogen (secondary N) is 3. The van der Waals surface area contributed by atoms with Crippen molar-refractivity contribution < 1.29 is 14.3 Å². The summed E-state index contributed by atoms with van der Waals surface area (Å²) in [7, 11) is 1.42. The van der Waals surface area contributed by atoms with Crippen molar-refractivity contribution >= 4 is 40.6 Å². The molecule has 0 radical (unpaired) electrons. The summed E-state index contributed by atoms with van der Waals surface area (Å²) in [4.78, 5) is 27.1. The van der Waals surface area contributed by atoms with Crippen LogP contribution >= 0.6 is 11.6 Å². The maximum absolute atomic E-state index is 12.7. The fraction of sp³-hybridized carbons (Fsp3) is 0.333. The van der Waals surface area contributed by atoms with Crippen LogP contribution in [0.1, 0.15) is 24.2 Å². The van der Waals surface area contributed by atoms with Gasteiger partial charge in [0.2, 0.25) is 0 Å². The zero-order chi connectivity index (χ0) is 22.1. The zero-order valence-corrected chi connectivity index (χ0v) is 18.2. The summed E-state index contributed by atoms with van der Waals surface area (Å²) in [5.74, 6) is -0.175. The Morgan fingerprint density at radius 2 is 1.80 bits per heavy atom. The van der Waals surface area contributed by atoms with Crippen LogP contribution in [0.5, 0.6) is 5.75 Å². The Labute approximate surface area is 181 Å². The first-order valence-electron chi connectivity index (χ1n) is 9.70. The van der Waals surface area contributed by atoms with E-state index in [2.05, 4.69) is 34.7 Å². The lowest BCUT2D eigenvalue weighted by atomic mass is 10.1. The van der Waals surface area contributed by atoms with Crippen molar-refractivity contribution in [3.8, 4) is 5.75 Å². The van der Waals surface area contributed by atoms with Crippen molar-refractivity contribution in [2.24, 2.45) is 0 Å². The van der Waals surface area contributed by atoms with Gasteiger partial charge in [-0.3, -0.25) is 4.79 Å². The maximum atomic E-state index is 12.7. The van der Waals surface area contributed by atoms with Crippen LogP contribution in [-0.2, 0) is 0 Å². The van der Waals surface area contributed by atoms with Gasteiger partial charge in [0.1, 0.15) is 11.3 Å². The predicted molar refractivity (Wildman–Crippen MR) is 122 cm³/mol. The smallest absolute Gasteiger partial charge is 0.323 e. The Bertz CT molecular complexity index is 873. The molecule has 5 N–H and O–H groups in total. The number of rotatable bonds is 9. The number of nitrogens with two attached hydrogens (primary N) is 1. The molecule has 0 aliphatic rings. The molecule has 0 heterocycles. The first-order chi connectivity index (χ1) is 14.4. The van der Waals surface area contributed by atoms with Crippen LogP contribution in [0, 0.1) is 0 Å². The molecule has 162 valence electrons. The van der Waals surface area contributed by atoms with E-state index in [-0.39, 0.29) is 27.7 Å². The predicted octanol–water partition coefficient (Wildman–Crippen LogP) is 3.65. The Morgan fingerprint density at radius 3 is 2.40 bits per heavy atom. The number of hydrogen-bond donors (Lipinski definition) is 4. The van der Waals surface area contributed by atoms with Crippen molar-refractivity contribution in [2.45, 2.75) is 13.8 Å². The number of methoxy groups -OCH3 is 1. The first kappa shape index (κ1) is 23.3. The minimum Gasteiger partial charge on any atom is -0.496 e. The molecule has 8 nitrogen and oxygen atoms in total. The second-order valence-corrected chi connectivity index (χ2v) is 6.83. The third-order valence-electron chi connectivity index (χ3n) is 4.60. The lowest BCUT2D eigenvalue weighted by Crippen LogP contribution is -2.35. The molecule has 0 unspecified atom stereocenters. The van der Waals surface area contributed by atoms with Gasteiger partial charge in [-0.05, 0) is 25.2 Å². The van der Waals surface area contributed by atoms with E-state index < -0.39 is 11.9 Å². The number of nitrogens with zero attached hydrogens (tertiary/aromatic N) is 1. The summed E-state index contributed by atoms with van der Waals surface area (Å²) >= 11 is 6.34. The van der Waals surface area contributed by atoms with Gasteiger partial charge in [-0.25, -0.2) is 4.79 Å². The van der Waals surface area contributed by atoms with Crippen LogP contribution in [0.25, 0.3) is 0 Å². The van der Waals surface area contributed by atoms with Crippen molar-refractivity contribution in [1.82, 2.24) is 10.2 Å². The number of carbonyl (C=O) groups is 2. The monoisotopic (exact) mass is 433 g/mol. The van der Waals surface area contributed by atoms with Crippen LogP contribution in [-0.4, -0.2) is 50.1 Å². The summed E-state index contributed by atoms with van der Waals surface area (Å²) in [6.07, 6.45) is 0. The van der Waals surface area contributed by atoms with Gasteiger partial charge in [0.15, 0.2) is 0 Å². The lowest BCUT2D eigenvalue weighted by Gasteiger charge is -2.19. The van der Waals surface area contributed by atoms with E-state index >= 15 is 0 Å². The zero-order valence-electron chi connectivity index (χ0n) is 17.4. The number of likely N-dealkylation sites (N-methyl/N-ethyl adjacent to an activating group) is 1. The largest absolute Gasteiger partial charge is 0.496 e. The normalized spacial score (nSPS) is 10.6. The number of para-hydroxylation sites is 1.